The van der Waals surface area contributed by atoms with Gasteiger partial charge in [-0.1, -0.05) is 60.7 Å². The Labute approximate surface area is 218 Å². The van der Waals surface area contributed by atoms with E-state index in [0.717, 1.165) is 16.7 Å². The molecule has 8 nitrogen and oxygen atoms in total. The van der Waals surface area contributed by atoms with Crippen LogP contribution in [0.1, 0.15) is 0 Å². The molecule has 38 heavy (non-hydrogen) atoms. The fraction of sp³-hybridized carbons (Fsp3) is 0.0333. The van der Waals surface area contributed by atoms with Crippen LogP contribution in [-0.4, -0.2) is 37.3 Å². The van der Waals surface area contributed by atoms with Crippen molar-refractivity contribution in [3.63, 3.8) is 0 Å². The molecule has 0 fully saturated rings. The van der Waals surface area contributed by atoms with Crippen LogP contribution in [0.15, 0.2) is 115 Å². The molecule has 6 rings (SSSR count). The molecule has 0 saturated heterocycles. The summed E-state index contributed by atoms with van der Waals surface area (Å²) in [5.74, 6) is 0.929. The second kappa shape index (κ2) is 10.3. The summed E-state index contributed by atoms with van der Waals surface area (Å²) in [4.78, 5) is 16.9. The number of carbonyl (C=O) groups excluding carboxylic acids is 1. The highest BCUT2D eigenvalue weighted by Crippen LogP contribution is 2.24. The van der Waals surface area contributed by atoms with Crippen LogP contribution in [-0.2, 0) is 4.79 Å². The lowest BCUT2D eigenvalue weighted by molar-refractivity contribution is -0.118. The van der Waals surface area contributed by atoms with E-state index >= 15 is 0 Å². The Balaban J connectivity index is 1.13. The Morgan fingerprint density at radius 3 is 2.34 bits per heavy atom. The molecule has 0 saturated carbocycles. The maximum atomic E-state index is 12.6. The first-order chi connectivity index (χ1) is 18.7. The first-order valence-corrected chi connectivity index (χ1v) is 12.1. The Kier molecular flexibility index (Phi) is 6.26. The number of hydrogen-bond acceptors (Lipinski definition) is 6. The molecule has 3 aromatic carbocycles. The first-order valence-electron chi connectivity index (χ1n) is 12.1. The fourth-order valence-electron chi connectivity index (χ4n) is 4.07. The third-order valence-electron chi connectivity index (χ3n) is 5.93. The first kappa shape index (κ1) is 23.1. The van der Waals surface area contributed by atoms with Crippen molar-refractivity contribution in [1.29, 1.82) is 0 Å². The second-order valence-corrected chi connectivity index (χ2v) is 8.54. The van der Waals surface area contributed by atoms with Gasteiger partial charge in [-0.2, -0.15) is 9.61 Å². The van der Waals surface area contributed by atoms with Gasteiger partial charge in [0, 0.05) is 17.4 Å². The highest BCUT2D eigenvalue weighted by atomic mass is 16.5. The van der Waals surface area contributed by atoms with Crippen molar-refractivity contribution >= 4 is 17.2 Å². The van der Waals surface area contributed by atoms with Crippen LogP contribution in [0.3, 0.4) is 0 Å². The molecule has 0 unspecified atom stereocenters. The molecule has 0 spiro atoms. The van der Waals surface area contributed by atoms with Crippen molar-refractivity contribution in [2.75, 3.05) is 11.9 Å². The van der Waals surface area contributed by atoms with Gasteiger partial charge in [0.25, 0.3) is 5.91 Å². The number of rotatable bonds is 7. The van der Waals surface area contributed by atoms with Crippen molar-refractivity contribution in [1.82, 2.24) is 24.8 Å². The smallest absolute Gasteiger partial charge is 0.262 e. The number of pyridine rings is 1. The molecule has 184 valence electrons. The van der Waals surface area contributed by atoms with E-state index in [-0.39, 0.29) is 12.5 Å². The minimum atomic E-state index is -0.256. The van der Waals surface area contributed by atoms with E-state index in [0.29, 0.717) is 34.3 Å². The average Bonchev–Trinajstić information content (AvgIpc) is 3.41. The SMILES string of the molecule is O=C(COc1ccc(-c2ccccc2)cc1)Nc1cccc(-c2ccc3nnc(-c4ccccn4)n3n2)c1. The number of carbonyl (C=O) groups is 1. The van der Waals surface area contributed by atoms with Crippen LogP contribution in [0, 0.1) is 0 Å². The van der Waals surface area contributed by atoms with E-state index in [1.165, 1.54) is 0 Å². The van der Waals surface area contributed by atoms with Crippen LogP contribution >= 0.6 is 0 Å². The molecule has 3 heterocycles. The number of nitrogens with one attached hydrogen (secondary N) is 1. The monoisotopic (exact) mass is 498 g/mol. The van der Waals surface area contributed by atoms with Gasteiger partial charge in [0.2, 0.25) is 5.82 Å². The Morgan fingerprint density at radius 1 is 0.737 bits per heavy atom. The molecular weight excluding hydrogens is 476 g/mol. The summed E-state index contributed by atoms with van der Waals surface area (Å²) in [5, 5.41) is 16.0. The lowest BCUT2D eigenvalue weighted by atomic mass is 10.1. The van der Waals surface area contributed by atoms with Gasteiger partial charge in [0.05, 0.1) is 5.69 Å². The highest BCUT2D eigenvalue weighted by Gasteiger charge is 2.12. The lowest BCUT2D eigenvalue weighted by Crippen LogP contribution is -2.20. The van der Waals surface area contributed by atoms with E-state index in [9.17, 15) is 4.79 Å². The molecule has 0 radical (unpaired) electrons. The van der Waals surface area contributed by atoms with Gasteiger partial charge < -0.3 is 10.1 Å². The summed E-state index contributed by atoms with van der Waals surface area (Å²) in [6.45, 7) is -0.104. The standard InChI is InChI=1S/C30H22N6O2/c37-29(20-38-25-14-12-22(13-15-25)21-7-2-1-3-8-21)32-24-10-6-9-23(19-24)26-16-17-28-33-34-30(36(28)35-26)27-11-4-5-18-31-27/h1-19H,20H2,(H,32,37). The van der Waals surface area contributed by atoms with Gasteiger partial charge in [-0.25, -0.2) is 0 Å². The maximum absolute atomic E-state index is 12.6. The largest absolute Gasteiger partial charge is 0.484 e. The van der Waals surface area contributed by atoms with Gasteiger partial charge >= 0.3 is 0 Å². The molecular formula is C30H22N6O2. The van der Waals surface area contributed by atoms with Crippen molar-refractivity contribution in [3.8, 4) is 39.7 Å². The van der Waals surface area contributed by atoms with E-state index in [1.807, 2.05) is 97.1 Å². The number of amides is 1. The molecule has 0 bridgehead atoms. The second-order valence-electron chi connectivity index (χ2n) is 8.54. The number of nitrogens with zero attached hydrogens (tertiary/aromatic N) is 5. The number of benzene rings is 3. The summed E-state index contributed by atoms with van der Waals surface area (Å²) in [5.41, 5.74) is 5.70. The molecule has 8 heteroatoms. The minimum absolute atomic E-state index is 0.104. The summed E-state index contributed by atoms with van der Waals surface area (Å²) in [6.07, 6.45) is 1.70. The van der Waals surface area contributed by atoms with E-state index in [1.54, 1.807) is 10.7 Å². The van der Waals surface area contributed by atoms with Crippen molar-refractivity contribution in [2.45, 2.75) is 0 Å². The third kappa shape index (κ3) is 4.96. The van der Waals surface area contributed by atoms with Gasteiger partial charge in [-0.15, -0.1) is 10.2 Å². The van der Waals surface area contributed by atoms with E-state index in [4.69, 9.17) is 9.84 Å². The topological polar surface area (TPSA) is 94.3 Å². The highest BCUT2D eigenvalue weighted by molar-refractivity contribution is 5.92. The fourth-order valence-corrected chi connectivity index (χ4v) is 4.07. The molecule has 0 aliphatic heterocycles. The summed E-state index contributed by atoms with van der Waals surface area (Å²) in [7, 11) is 0. The van der Waals surface area contributed by atoms with Crippen molar-refractivity contribution in [2.24, 2.45) is 0 Å². The van der Waals surface area contributed by atoms with Crippen LogP contribution in [0.25, 0.3) is 39.5 Å². The van der Waals surface area contributed by atoms with Crippen molar-refractivity contribution in [3.05, 3.63) is 115 Å². The zero-order valence-electron chi connectivity index (χ0n) is 20.2. The predicted molar refractivity (Wildman–Crippen MR) is 145 cm³/mol. The average molecular weight is 499 g/mol. The van der Waals surface area contributed by atoms with Gasteiger partial charge in [0.1, 0.15) is 11.4 Å². The number of ether oxygens (including phenoxy) is 1. The molecule has 1 amide bonds. The lowest BCUT2D eigenvalue weighted by Gasteiger charge is -2.10. The Bertz CT molecular complexity index is 1700. The van der Waals surface area contributed by atoms with Crippen LogP contribution in [0.5, 0.6) is 5.75 Å². The van der Waals surface area contributed by atoms with Gasteiger partial charge in [-0.3, -0.25) is 9.78 Å². The minimum Gasteiger partial charge on any atom is -0.484 e. The van der Waals surface area contributed by atoms with E-state index < -0.39 is 0 Å². The third-order valence-corrected chi connectivity index (χ3v) is 5.93. The number of anilines is 1. The Hall–Kier alpha value is -5.37. The van der Waals surface area contributed by atoms with Gasteiger partial charge in [0.15, 0.2) is 12.3 Å². The zero-order valence-corrected chi connectivity index (χ0v) is 20.2. The summed E-state index contributed by atoms with van der Waals surface area (Å²) < 4.78 is 7.36. The molecule has 0 atom stereocenters. The Morgan fingerprint density at radius 2 is 1.53 bits per heavy atom. The van der Waals surface area contributed by atoms with Crippen molar-refractivity contribution < 1.29 is 9.53 Å². The number of aromatic nitrogens is 5. The van der Waals surface area contributed by atoms with Crippen LogP contribution < -0.4 is 10.1 Å². The molecule has 6 aromatic rings. The molecule has 0 aliphatic carbocycles. The number of hydrogen-bond donors (Lipinski definition) is 1. The molecule has 0 aliphatic rings. The summed E-state index contributed by atoms with van der Waals surface area (Å²) >= 11 is 0. The van der Waals surface area contributed by atoms with Crippen LogP contribution in [0.4, 0.5) is 5.69 Å². The normalized spacial score (nSPS) is 10.8. The number of fused-ring (bicyclic) bond motifs is 1. The van der Waals surface area contributed by atoms with Crippen LogP contribution in [0.2, 0.25) is 0 Å². The zero-order chi connectivity index (χ0) is 25.7. The maximum Gasteiger partial charge on any atom is 0.262 e. The molecule has 3 aromatic heterocycles. The van der Waals surface area contributed by atoms with E-state index in [2.05, 4.69) is 32.6 Å². The quantitative estimate of drug-likeness (QED) is 0.311. The summed E-state index contributed by atoms with van der Waals surface area (Å²) in [6, 6.07) is 34.6. The predicted octanol–water partition coefficient (Wildman–Crippen LogP) is 5.54. The van der Waals surface area contributed by atoms with Gasteiger partial charge in [-0.05, 0) is 59.7 Å². The molecule has 1 N–H and O–H groups in total.